The highest BCUT2D eigenvalue weighted by molar-refractivity contribution is 5.90. The van der Waals surface area contributed by atoms with Gasteiger partial charge in [-0.3, -0.25) is 4.79 Å². The number of carbonyl (C=O) groups excluding carboxylic acids is 2. The zero-order chi connectivity index (χ0) is 21.9. The first-order chi connectivity index (χ1) is 14.4. The zero-order valence-corrected chi connectivity index (χ0v) is 16.7. The lowest BCUT2D eigenvalue weighted by Gasteiger charge is -2.15. The number of hydrogen-bond acceptors (Lipinski definition) is 10. The average Bonchev–Trinajstić information content (AvgIpc) is 2.68. The summed E-state index contributed by atoms with van der Waals surface area (Å²) >= 11 is 0. The molecule has 0 saturated carbocycles. The minimum absolute atomic E-state index is 0.0849. The maximum atomic E-state index is 11.6. The second kappa shape index (κ2) is 11.3. The van der Waals surface area contributed by atoms with Crippen molar-refractivity contribution in [3.63, 3.8) is 0 Å². The molecule has 0 spiro atoms. The highest BCUT2D eigenvalue weighted by Gasteiger charge is 2.13. The van der Waals surface area contributed by atoms with Crippen LogP contribution in [0.2, 0.25) is 0 Å². The molecule has 2 rings (SSSR count). The molecule has 0 radical (unpaired) electrons. The molecule has 1 unspecified atom stereocenters. The topological polar surface area (TPSA) is 164 Å². The van der Waals surface area contributed by atoms with Gasteiger partial charge in [-0.2, -0.15) is 0 Å². The van der Waals surface area contributed by atoms with Gasteiger partial charge in [-0.1, -0.05) is 12.1 Å². The van der Waals surface area contributed by atoms with Crippen molar-refractivity contribution in [2.45, 2.75) is 26.6 Å². The van der Waals surface area contributed by atoms with Gasteiger partial charge in [0.25, 0.3) is 0 Å². The normalized spacial score (nSPS) is 11.7. The number of nitrogen functional groups attached to an aromatic ring is 1. The molecule has 11 heteroatoms. The number of pyridine rings is 1. The third-order valence-corrected chi connectivity index (χ3v) is 3.49. The maximum absolute atomic E-state index is 11.6. The van der Waals surface area contributed by atoms with Crippen LogP contribution < -0.4 is 21.5 Å². The fraction of sp³-hybridized carbons (Fsp3) is 0.316. The van der Waals surface area contributed by atoms with Gasteiger partial charge in [0.1, 0.15) is 17.2 Å². The van der Waals surface area contributed by atoms with Gasteiger partial charge in [0.2, 0.25) is 12.2 Å². The van der Waals surface area contributed by atoms with Crippen molar-refractivity contribution < 1.29 is 23.8 Å². The Kier molecular flexibility index (Phi) is 8.51. The highest BCUT2D eigenvalue weighted by Crippen LogP contribution is 2.31. The second-order valence-corrected chi connectivity index (χ2v) is 5.84. The highest BCUT2D eigenvalue weighted by atomic mass is 16.8. The largest absolute Gasteiger partial charge is 0.511 e. The molecule has 1 amide bonds. The first kappa shape index (κ1) is 22.6. The summed E-state index contributed by atoms with van der Waals surface area (Å²) in [5.41, 5.74) is 11.9. The van der Waals surface area contributed by atoms with Gasteiger partial charge >= 0.3 is 6.16 Å². The Bertz CT molecular complexity index is 905. The number of amides is 1. The lowest BCUT2D eigenvalue weighted by Crippen LogP contribution is -2.21. The second-order valence-electron chi connectivity index (χ2n) is 5.84. The Balaban J connectivity index is 2.09. The molecule has 0 aliphatic heterocycles. The Hall–Kier alpha value is -3.73. The number of anilines is 2. The number of nitrogens with two attached hydrogens (primary N) is 2. The first-order valence-corrected chi connectivity index (χ1v) is 9.20. The van der Waals surface area contributed by atoms with Crippen molar-refractivity contribution in [3.8, 4) is 5.75 Å². The van der Waals surface area contributed by atoms with Crippen LogP contribution in [-0.2, 0) is 14.3 Å². The number of nitrogens with one attached hydrogen (secondary N) is 1. The van der Waals surface area contributed by atoms with E-state index >= 15 is 0 Å². The molecule has 11 nitrogen and oxygen atoms in total. The molecule has 0 aliphatic rings. The number of nitrogens with zero attached hydrogens (tertiary/aromatic N) is 3. The van der Waals surface area contributed by atoms with Gasteiger partial charge in [-0.25, -0.2) is 9.78 Å². The van der Waals surface area contributed by atoms with Gasteiger partial charge in [-0.05, 0) is 31.2 Å². The first-order valence-electron chi connectivity index (χ1n) is 9.20. The molecule has 30 heavy (non-hydrogen) atoms. The Morgan fingerprint density at radius 3 is 2.60 bits per heavy atom. The summed E-state index contributed by atoms with van der Waals surface area (Å²) in [5, 5.41) is 10.8. The van der Waals surface area contributed by atoms with Crippen molar-refractivity contribution in [1.82, 2.24) is 4.98 Å². The lowest BCUT2D eigenvalue weighted by atomic mass is 10.3. The van der Waals surface area contributed by atoms with Crippen molar-refractivity contribution in [1.29, 1.82) is 0 Å². The van der Waals surface area contributed by atoms with Gasteiger partial charge in [-0.15, -0.1) is 10.2 Å². The zero-order valence-electron chi connectivity index (χ0n) is 16.7. The van der Waals surface area contributed by atoms with Crippen LogP contribution in [0.15, 0.2) is 46.6 Å². The maximum Gasteiger partial charge on any atom is 0.511 e. The molecule has 1 aromatic carbocycles. The van der Waals surface area contributed by atoms with Gasteiger partial charge in [0.15, 0.2) is 11.6 Å². The number of hydrogen-bond donors (Lipinski definition) is 3. The Labute approximate surface area is 173 Å². The fourth-order valence-corrected chi connectivity index (χ4v) is 2.20. The van der Waals surface area contributed by atoms with Gasteiger partial charge < -0.3 is 31.0 Å². The van der Waals surface area contributed by atoms with Crippen LogP contribution in [0.1, 0.15) is 20.3 Å². The van der Waals surface area contributed by atoms with E-state index in [1.165, 1.54) is 0 Å². The predicted molar refractivity (Wildman–Crippen MR) is 110 cm³/mol. The van der Waals surface area contributed by atoms with Crippen LogP contribution in [0.3, 0.4) is 0 Å². The number of para-hydroxylation sites is 1. The lowest BCUT2D eigenvalue weighted by molar-refractivity contribution is -0.116. The number of ether oxygens (including phenoxy) is 3. The van der Waals surface area contributed by atoms with E-state index in [9.17, 15) is 9.59 Å². The minimum atomic E-state index is -0.899. The summed E-state index contributed by atoms with van der Waals surface area (Å²) in [6.45, 7) is 3.65. The molecule has 1 heterocycles. The molecular formula is C19H24N6O5. The fourth-order valence-electron chi connectivity index (χ4n) is 2.20. The number of aromatic nitrogens is 1. The molecule has 1 aromatic heterocycles. The van der Waals surface area contributed by atoms with E-state index in [2.05, 4.69) is 20.5 Å². The monoisotopic (exact) mass is 416 g/mol. The number of azo groups is 1. The summed E-state index contributed by atoms with van der Waals surface area (Å²) in [4.78, 5) is 27.0. The molecule has 0 saturated heterocycles. The molecule has 1 atom stereocenters. The van der Waals surface area contributed by atoms with E-state index < -0.39 is 12.4 Å². The molecule has 0 bridgehead atoms. The molecule has 2 aromatic rings. The standard InChI is InChI=1S/C19H24N6O5/c1-3-28-19(27)30-12(2)29-15-7-5-4-6-13(15)24-25-14-8-9-16(23-18(14)21)22-17(26)10-11-20/h4-9,12H,3,10-11,20H2,1-2H3,(H3,21,22,23,26)/b25-24+. The van der Waals surface area contributed by atoms with Crippen LogP contribution in [0.4, 0.5) is 27.8 Å². The molecule has 160 valence electrons. The average molecular weight is 416 g/mol. The van der Waals surface area contributed by atoms with Crippen LogP contribution in [-0.4, -0.2) is 36.5 Å². The summed E-state index contributed by atoms with van der Waals surface area (Å²) in [5.74, 6) is 0.458. The molecule has 5 N–H and O–H groups in total. The van der Waals surface area contributed by atoms with Crippen molar-refractivity contribution in [2.75, 3.05) is 24.2 Å². The third-order valence-electron chi connectivity index (χ3n) is 3.49. The molecule has 0 aliphatic carbocycles. The van der Waals surface area contributed by atoms with E-state index in [1.807, 2.05) is 0 Å². The van der Waals surface area contributed by atoms with E-state index in [-0.39, 0.29) is 31.3 Å². The molecular weight excluding hydrogens is 392 g/mol. The Morgan fingerprint density at radius 2 is 1.90 bits per heavy atom. The summed E-state index contributed by atoms with van der Waals surface area (Å²) in [6.07, 6.45) is -1.55. The predicted octanol–water partition coefficient (Wildman–Crippen LogP) is 3.26. The smallest absolute Gasteiger partial charge is 0.453 e. The van der Waals surface area contributed by atoms with Crippen LogP contribution >= 0.6 is 0 Å². The summed E-state index contributed by atoms with van der Waals surface area (Å²) < 4.78 is 15.3. The van der Waals surface area contributed by atoms with E-state index in [0.717, 1.165) is 0 Å². The third kappa shape index (κ3) is 7.02. The van der Waals surface area contributed by atoms with Crippen LogP contribution in [0, 0.1) is 0 Å². The van der Waals surface area contributed by atoms with Crippen molar-refractivity contribution in [3.05, 3.63) is 36.4 Å². The van der Waals surface area contributed by atoms with Gasteiger partial charge in [0, 0.05) is 19.9 Å². The number of carbonyl (C=O) groups is 2. The quantitative estimate of drug-likeness (QED) is 0.318. The Morgan fingerprint density at radius 1 is 1.17 bits per heavy atom. The summed E-state index contributed by atoms with van der Waals surface area (Å²) in [7, 11) is 0. The van der Waals surface area contributed by atoms with Crippen LogP contribution in [0.25, 0.3) is 0 Å². The summed E-state index contributed by atoms with van der Waals surface area (Å²) in [6, 6.07) is 9.92. The van der Waals surface area contributed by atoms with E-state index in [1.54, 1.807) is 50.2 Å². The van der Waals surface area contributed by atoms with Gasteiger partial charge in [0.05, 0.1) is 6.61 Å². The van der Waals surface area contributed by atoms with Crippen molar-refractivity contribution in [2.24, 2.45) is 16.0 Å². The van der Waals surface area contributed by atoms with E-state index in [4.69, 9.17) is 25.7 Å². The van der Waals surface area contributed by atoms with E-state index in [0.29, 0.717) is 22.9 Å². The number of benzene rings is 1. The minimum Gasteiger partial charge on any atom is -0.453 e. The number of rotatable bonds is 9. The van der Waals surface area contributed by atoms with Crippen LogP contribution in [0.5, 0.6) is 5.75 Å². The molecule has 0 fully saturated rings. The van der Waals surface area contributed by atoms with Crippen molar-refractivity contribution >= 4 is 35.1 Å². The SMILES string of the molecule is CCOC(=O)OC(C)Oc1ccccc1/N=N/c1ccc(NC(=O)CCN)nc1N.